The molecular weight excluding hydrogens is 827 g/mol. The Morgan fingerprint density at radius 3 is 1.74 bits per heavy atom. The zero-order chi connectivity index (χ0) is 44.7. The van der Waals surface area contributed by atoms with Crippen LogP contribution >= 0.6 is 0 Å². The van der Waals surface area contributed by atoms with E-state index in [-0.39, 0.29) is 0 Å². The Labute approximate surface area is 391 Å². The fraction of sp³-hybridized carbons (Fsp3) is 0. The molecule has 0 radical (unpaired) electrons. The largest absolute Gasteiger partial charge is 0.311 e. The lowest BCUT2D eigenvalue weighted by molar-refractivity contribution is 1.28. The molecule has 0 saturated carbocycles. The van der Waals surface area contributed by atoms with Crippen molar-refractivity contribution in [2.45, 2.75) is 0 Å². The molecule has 0 fully saturated rings. The van der Waals surface area contributed by atoms with Crippen molar-refractivity contribution in [2.24, 2.45) is 0 Å². The lowest BCUT2D eigenvalue weighted by Crippen LogP contribution is -2.09. The van der Waals surface area contributed by atoms with Crippen LogP contribution in [0.2, 0.25) is 0 Å². The molecule has 0 amide bonds. The van der Waals surface area contributed by atoms with E-state index < -0.39 is 0 Å². The van der Waals surface area contributed by atoms with Gasteiger partial charge in [-0.15, -0.1) is 0 Å². The number of hydrogen-bond donors (Lipinski definition) is 0. The Morgan fingerprint density at radius 2 is 0.971 bits per heavy atom. The van der Waals surface area contributed by atoms with E-state index in [1.807, 2.05) is 30.6 Å². The van der Waals surface area contributed by atoms with Crippen molar-refractivity contribution in [3.05, 3.63) is 237 Å². The second-order valence-corrected chi connectivity index (χ2v) is 17.6. The summed E-state index contributed by atoms with van der Waals surface area (Å²) in [5.41, 5.74) is 17.1. The van der Waals surface area contributed by atoms with Gasteiger partial charge in [-0.05, 0) is 106 Å². The van der Waals surface area contributed by atoms with Crippen LogP contribution in [0.1, 0.15) is 0 Å². The monoisotopic (exact) mass is 865 g/mol. The van der Waals surface area contributed by atoms with Gasteiger partial charge in [0, 0.05) is 73.1 Å². The van der Waals surface area contributed by atoms with Crippen molar-refractivity contribution in [1.29, 1.82) is 0 Å². The molecule has 0 N–H and O–H groups in total. The van der Waals surface area contributed by atoms with Gasteiger partial charge in [0.25, 0.3) is 0 Å². The highest BCUT2D eigenvalue weighted by Gasteiger charge is 2.19. The number of fused-ring (bicyclic) bond motifs is 10. The van der Waals surface area contributed by atoms with Crippen LogP contribution in [-0.4, -0.2) is 19.4 Å². The Morgan fingerprint density at radius 1 is 0.353 bits per heavy atom. The highest BCUT2D eigenvalue weighted by molar-refractivity contribution is 6.23. The molecule has 0 aliphatic rings. The van der Waals surface area contributed by atoms with E-state index in [4.69, 9.17) is 15.0 Å². The molecule has 0 aliphatic heterocycles. The maximum atomic E-state index is 5.11. The van der Waals surface area contributed by atoms with Gasteiger partial charge < -0.3 is 9.30 Å². The Balaban J connectivity index is 0.857. The quantitative estimate of drug-likeness (QED) is 0.150. The topological polar surface area (TPSA) is 46.3 Å². The molecule has 5 heteroatoms. The standard InChI is InChI=1S/C63H39N5/c1-2-10-41(11-3-1)55-38-59(66-57-17-9-35-64-62(55)57)44-25-32-49(33-26-44)67(48-30-23-43(24-31-48)58-36-46-20-19-42-12-4-5-13-50(42)56(46)39-65-58)47-28-21-40(22-29-47)45-27-34-52-54-16-8-15-53-51-14-6-7-18-60(51)68(63(53)54)61(52)37-45/h1-39H. The molecule has 5 aromatic heterocycles. The summed E-state index contributed by atoms with van der Waals surface area (Å²) in [5.74, 6) is 0. The summed E-state index contributed by atoms with van der Waals surface area (Å²) in [4.78, 5) is 17.1. The van der Waals surface area contributed by atoms with Crippen molar-refractivity contribution in [2.75, 3.05) is 4.90 Å². The molecule has 14 rings (SSSR count). The average Bonchev–Trinajstić information content (AvgIpc) is 3.94. The normalized spacial score (nSPS) is 11.8. The first-order valence-electron chi connectivity index (χ1n) is 23.1. The van der Waals surface area contributed by atoms with Crippen molar-refractivity contribution in [3.8, 4) is 44.8 Å². The number of hydrogen-bond acceptors (Lipinski definition) is 4. The van der Waals surface area contributed by atoms with Gasteiger partial charge in [-0.1, -0.05) is 152 Å². The fourth-order valence-corrected chi connectivity index (χ4v) is 10.5. The molecule has 0 atom stereocenters. The number of pyridine rings is 3. The van der Waals surface area contributed by atoms with Crippen molar-refractivity contribution in [1.82, 2.24) is 19.4 Å². The van der Waals surface area contributed by atoms with E-state index in [0.29, 0.717) is 0 Å². The van der Waals surface area contributed by atoms with E-state index in [1.54, 1.807) is 0 Å². The molecule has 0 unspecified atom stereocenters. The minimum absolute atomic E-state index is 0.867. The molecule has 5 heterocycles. The van der Waals surface area contributed by atoms with Crippen LogP contribution < -0.4 is 4.90 Å². The fourth-order valence-electron chi connectivity index (χ4n) is 10.5. The summed E-state index contributed by atoms with van der Waals surface area (Å²) in [6.45, 7) is 0. The predicted octanol–water partition coefficient (Wildman–Crippen LogP) is 16.6. The highest BCUT2D eigenvalue weighted by atomic mass is 15.1. The number of rotatable bonds is 7. The number of para-hydroxylation sites is 2. The molecular formula is C63H39N5. The maximum absolute atomic E-state index is 5.11. The van der Waals surface area contributed by atoms with Crippen molar-refractivity contribution in [3.63, 3.8) is 0 Å². The third kappa shape index (κ3) is 6.06. The molecule has 0 bridgehead atoms. The van der Waals surface area contributed by atoms with Crippen molar-refractivity contribution < 1.29 is 0 Å². The zero-order valence-electron chi connectivity index (χ0n) is 36.8. The molecule has 0 aliphatic carbocycles. The smallest absolute Gasteiger partial charge is 0.0965 e. The molecule has 0 saturated heterocycles. The Bertz CT molecular complexity index is 4230. The number of anilines is 3. The van der Waals surface area contributed by atoms with Gasteiger partial charge in [0.15, 0.2) is 0 Å². The summed E-state index contributed by atoms with van der Waals surface area (Å²) in [7, 11) is 0. The third-order valence-corrected chi connectivity index (χ3v) is 13.8. The Hall–Kier alpha value is -9.19. The summed E-state index contributed by atoms with van der Waals surface area (Å²) in [5, 5.41) is 9.92. The van der Waals surface area contributed by atoms with Crippen LogP contribution in [0.25, 0.3) is 115 Å². The molecule has 5 nitrogen and oxygen atoms in total. The van der Waals surface area contributed by atoms with Crippen LogP contribution in [-0.2, 0) is 0 Å². The van der Waals surface area contributed by atoms with E-state index in [0.717, 1.165) is 72.7 Å². The molecule has 68 heavy (non-hydrogen) atoms. The molecule has 316 valence electrons. The van der Waals surface area contributed by atoms with E-state index in [1.165, 1.54) is 59.8 Å². The number of aromatic nitrogens is 4. The first-order chi connectivity index (χ1) is 33.7. The lowest BCUT2D eigenvalue weighted by Gasteiger charge is -2.26. The summed E-state index contributed by atoms with van der Waals surface area (Å²) in [6, 6.07) is 80.5. The van der Waals surface area contributed by atoms with Gasteiger partial charge in [-0.25, -0.2) is 4.98 Å². The Kier molecular flexibility index (Phi) is 8.52. The highest BCUT2D eigenvalue weighted by Crippen LogP contribution is 2.42. The van der Waals surface area contributed by atoms with Gasteiger partial charge in [0.1, 0.15) is 0 Å². The summed E-state index contributed by atoms with van der Waals surface area (Å²) >= 11 is 0. The van der Waals surface area contributed by atoms with Gasteiger partial charge in [-0.2, -0.15) is 0 Å². The third-order valence-electron chi connectivity index (χ3n) is 13.8. The van der Waals surface area contributed by atoms with Gasteiger partial charge in [0.05, 0.1) is 39.0 Å². The molecule has 0 spiro atoms. The SMILES string of the molecule is c1ccc(-c2cc(-c3ccc(N(c4ccc(-c5ccc6c7cccc8c9ccccc9n(c6c5)c87)cc4)c4ccc(-c5cc6ccc7ccccc7c6cn5)cc4)cc3)nc3cccnc23)cc1. The van der Waals surface area contributed by atoms with Crippen LogP contribution in [0.15, 0.2) is 237 Å². The van der Waals surface area contributed by atoms with E-state index in [2.05, 4.69) is 216 Å². The van der Waals surface area contributed by atoms with Crippen LogP contribution in [0.5, 0.6) is 0 Å². The first kappa shape index (κ1) is 38.1. The van der Waals surface area contributed by atoms with Gasteiger partial charge >= 0.3 is 0 Å². The van der Waals surface area contributed by atoms with Crippen LogP contribution in [0.3, 0.4) is 0 Å². The number of benzene rings is 9. The minimum atomic E-state index is 0.867. The summed E-state index contributed by atoms with van der Waals surface area (Å²) in [6.07, 6.45) is 3.85. The zero-order valence-corrected chi connectivity index (χ0v) is 36.8. The van der Waals surface area contributed by atoms with Gasteiger partial charge in [0.2, 0.25) is 0 Å². The van der Waals surface area contributed by atoms with Crippen molar-refractivity contribution >= 4 is 87.7 Å². The van der Waals surface area contributed by atoms with Crippen LogP contribution in [0, 0.1) is 0 Å². The second-order valence-electron chi connectivity index (χ2n) is 17.6. The minimum Gasteiger partial charge on any atom is -0.311 e. The number of nitrogens with zero attached hydrogens (tertiary/aromatic N) is 5. The first-order valence-corrected chi connectivity index (χ1v) is 23.1. The molecule has 14 aromatic rings. The second kappa shape index (κ2) is 15.2. The lowest BCUT2D eigenvalue weighted by atomic mass is 10.0. The van der Waals surface area contributed by atoms with Gasteiger partial charge in [-0.3, -0.25) is 9.97 Å². The summed E-state index contributed by atoms with van der Waals surface area (Å²) < 4.78 is 2.45. The van der Waals surface area contributed by atoms with E-state index in [9.17, 15) is 0 Å². The molecule has 9 aromatic carbocycles. The predicted molar refractivity (Wildman–Crippen MR) is 283 cm³/mol. The van der Waals surface area contributed by atoms with Crippen LogP contribution in [0.4, 0.5) is 17.1 Å². The maximum Gasteiger partial charge on any atom is 0.0965 e. The van der Waals surface area contributed by atoms with E-state index >= 15 is 0 Å². The average molecular weight is 866 g/mol.